The molecule has 7 nitrogen and oxygen atoms in total. The fourth-order valence-corrected chi connectivity index (χ4v) is 2.57. The molecule has 0 fully saturated rings. The number of hydrogen-bond acceptors (Lipinski definition) is 4. The van der Waals surface area contributed by atoms with Crippen molar-refractivity contribution in [2.75, 3.05) is 5.32 Å². The van der Waals surface area contributed by atoms with Gasteiger partial charge in [-0.15, -0.1) is 0 Å². The quantitative estimate of drug-likeness (QED) is 0.427. The van der Waals surface area contributed by atoms with E-state index < -0.39 is 17.7 Å². The maximum Gasteiger partial charge on any atom is 0.248 e. The van der Waals surface area contributed by atoms with E-state index in [9.17, 15) is 19.2 Å². The smallest absolute Gasteiger partial charge is 0.248 e. The number of anilines is 1. The number of nitrogens with one attached hydrogen (secondary N) is 1. The lowest BCUT2D eigenvalue weighted by molar-refractivity contribution is -0.116. The molecule has 8 heteroatoms. The highest BCUT2D eigenvalue weighted by Gasteiger charge is 2.13. The topological polar surface area (TPSA) is 132 Å². The van der Waals surface area contributed by atoms with Gasteiger partial charge in [-0.05, 0) is 52.9 Å². The number of nitrogens with two attached hydrogens (primary N) is 2. The molecule has 0 aliphatic heterocycles. The molecule has 0 heterocycles. The van der Waals surface area contributed by atoms with E-state index in [0.717, 1.165) is 3.57 Å². The fourth-order valence-electron chi connectivity index (χ4n) is 2.21. The van der Waals surface area contributed by atoms with Crippen molar-refractivity contribution >= 4 is 51.8 Å². The number of amides is 3. The summed E-state index contributed by atoms with van der Waals surface area (Å²) in [6, 6.07) is 11.0. The van der Waals surface area contributed by atoms with Crippen LogP contribution in [0.3, 0.4) is 0 Å². The van der Waals surface area contributed by atoms with Crippen LogP contribution < -0.4 is 16.8 Å². The predicted molar refractivity (Wildman–Crippen MR) is 105 cm³/mol. The van der Waals surface area contributed by atoms with Gasteiger partial charge in [0.1, 0.15) is 0 Å². The third-order valence-corrected chi connectivity index (χ3v) is 4.25. The number of ketones is 1. The summed E-state index contributed by atoms with van der Waals surface area (Å²) in [6.07, 6.45) is -0.0118. The van der Waals surface area contributed by atoms with E-state index in [1.807, 2.05) is 12.1 Å². The van der Waals surface area contributed by atoms with Crippen molar-refractivity contribution in [3.8, 4) is 0 Å². The van der Waals surface area contributed by atoms with E-state index in [4.69, 9.17) is 11.5 Å². The average Bonchev–Trinajstić information content (AvgIpc) is 2.59. The van der Waals surface area contributed by atoms with Gasteiger partial charge in [0, 0.05) is 38.8 Å². The number of carbonyl (C=O) groups is 4. The summed E-state index contributed by atoms with van der Waals surface area (Å²) < 4.78 is 1.01. The molecule has 2 aromatic rings. The van der Waals surface area contributed by atoms with Crippen molar-refractivity contribution in [2.24, 2.45) is 11.5 Å². The second kappa shape index (κ2) is 8.56. The Balaban J connectivity index is 2.03. The molecule has 0 spiro atoms. The zero-order valence-corrected chi connectivity index (χ0v) is 15.8. The Morgan fingerprint density at radius 1 is 0.808 bits per heavy atom. The van der Waals surface area contributed by atoms with Crippen molar-refractivity contribution < 1.29 is 19.2 Å². The predicted octanol–water partition coefficient (Wildman–Crippen LogP) is 2.09. The van der Waals surface area contributed by atoms with Crippen molar-refractivity contribution in [1.82, 2.24) is 0 Å². The number of rotatable bonds is 7. The van der Waals surface area contributed by atoms with Gasteiger partial charge >= 0.3 is 0 Å². The van der Waals surface area contributed by atoms with E-state index in [1.165, 1.54) is 18.2 Å². The second-order valence-corrected chi connectivity index (χ2v) is 6.75. The summed E-state index contributed by atoms with van der Waals surface area (Å²) in [7, 11) is 0. The first-order valence-electron chi connectivity index (χ1n) is 7.59. The van der Waals surface area contributed by atoms with Crippen LogP contribution >= 0.6 is 22.6 Å². The number of primary amides is 2. The van der Waals surface area contributed by atoms with Crippen molar-refractivity contribution in [3.05, 3.63) is 62.7 Å². The summed E-state index contributed by atoms with van der Waals surface area (Å²) in [5.41, 5.74) is 11.3. The molecule has 0 saturated heterocycles. The minimum Gasteiger partial charge on any atom is -0.366 e. The molecule has 2 aromatic carbocycles. The van der Waals surface area contributed by atoms with E-state index >= 15 is 0 Å². The second-order valence-electron chi connectivity index (χ2n) is 5.51. The van der Waals surface area contributed by atoms with Crippen LogP contribution in [0, 0.1) is 3.57 Å². The Morgan fingerprint density at radius 2 is 1.35 bits per heavy atom. The molecular formula is C18H16IN3O4. The van der Waals surface area contributed by atoms with Crippen LogP contribution in [0.4, 0.5) is 5.69 Å². The van der Waals surface area contributed by atoms with Crippen molar-refractivity contribution in [1.29, 1.82) is 0 Å². The summed E-state index contributed by atoms with van der Waals surface area (Å²) >= 11 is 2.14. The van der Waals surface area contributed by atoms with Crippen LogP contribution in [-0.4, -0.2) is 23.5 Å². The molecule has 0 radical (unpaired) electrons. The van der Waals surface area contributed by atoms with Gasteiger partial charge in [-0.1, -0.05) is 12.1 Å². The van der Waals surface area contributed by atoms with Gasteiger partial charge in [0.2, 0.25) is 17.7 Å². The third-order valence-electron chi connectivity index (χ3n) is 3.53. The van der Waals surface area contributed by atoms with E-state index in [0.29, 0.717) is 5.56 Å². The van der Waals surface area contributed by atoms with Gasteiger partial charge in [-0.3, -0.25) is 19.2 Å². The molecule has 0 aliphatic rings. The molecule has 0 aromatic heterocycles. The van der Waals surface area contributed by atoms with Gasteiger partial charge in [-0.25, -0.2) is 0 Å². The Hall–Kier alpha value is -2.75. The monoisotopic (exact) mass is 465 g/mol. The number of Topliss-reactive ketones (excluding diaryl/α,β-unsaturated/α-hetero) is 1. The lowest BCUT2D eigenvalue weighted by Gasteiger charge is -2.08. The molecule has 0 unspecified atom stereocenters. The summed E-state index contributed by atoms with van der Waals surface area (Å²) in [5, 5.41) is 2.54. The van der Waals surface area contributed by atoms with Gasteiger partial charge < -0.3 is 16.8 Å². The lowest BCUT2D eigenvalue weighted by Crippen LogP contribution is -2.18. The number of benzene rings is 2. The lowest BCUT2D eigenvalue weighted by atomic mass is 10.1. The van der Waals surface area contributed by atoms with E-state index in [-0.39, 0.29) is 35.4 Å². The molecular weight excluding hydrogens is 449 g/mol. The molecule has 0 bridgehead atoms. The average molecular weight is 465 g/mol. The zero-order chi connectivity index (χ0) is 19.3. The molecule has 3 amide bonds. The van der Waals surface area contributed by atoms with Crippen LogP contribution in [-0.2, 0) is 4.79 Å². The third kappa shape index (κ3) is 5.38. The molecule has 2 rings (SSSR count). The SMILES string of the molecule is NC(=O)c1cc(NC(=O)CCC(=O)c2ccc(I)cc2)cc(C(N)=O)c1. The van der Waals surface area contributed by atoms with E-state index in [1.54, 1.807) is 12.1 Å². The Bertz CT molecular complexity index is 846. The van der Waals surface area contributed by atoms with Crippen LogP contribution in [0.1, 0.15) is 43.9 Å². The maximum atomic E-state index is 12.1. The van der Waals surface area contributed by atoms with Gasteiger partial charge in [0.15, 0.2) is 5.78 Å². The number of halogens is 1. The molecule has 5 N–H and O–H groups in total. The number of carbonyl (C=O) groups excluding carboxylic acids is 4. The molecule has 0 saturated carbocycles. The largest absolute Gasteiger partial charge is 0.366 e. The summed E-state index contributed by atoms with van der Waals surface area (Å²) in [4.78, 5) is 46.8. The Morgan fingerprint density at radius 3 is 1.85 bits per heavy atom. The van der Waals surface area contributed by atoms with E-state index in [2.05, 4.69) is 27.9 Å². The first-order valence-corrected chi connectivity index (χ1v) is 8.67. The highest BCUT2D eigenvalue weighted by Crippen LogP contribution is 2.16. The van der Waals surface area contributed by atoms with Crippen molar-refractivity contribution in [2.45, 2.75) is 12.8 Å². The molecule has 0 atom stereocenters. The first-order chi connectivity index (χ1) is 12.3. The minimum atomic E-state index is -0.752. The molecule has 134 valence electrons. The highest BCUT2D eigenvalue weighted by molar-refractivity contribution is 14.1. The highest BCUT2D eigenvalue weighted by atomic mass is 127. The van der Waals surface area contributed by atoms with Crippen LogP contribution in [0.25, 0.3) is 0 Å². The maximum absolute atomic E-state index is 12.1. The summed E-state index contributed by atoms with van der Waals surface area (Å²) in [5.74, 6) is -2.09. The van der Waals surface area contributed by atoms with Crippen LogP contribution in [0.15, 0.2) is 42.5 Å². The van der Waals surface area contributed by atoms with Crippen LogP contribution in [0.5, 0.6) is 0 Å². The molecule has 26 heavy (non-hydrogen) atoms. The zero-order valence-electron chi connectivity index (χ0n) is 13.6. The first kappa shape index (κ1) is 19.6. The Labute approximate surface area is 163 Å². The normalized spacial score (nSPS) is 10.2. The van der Waals surface area contributed by atoms with Crippen LogP contribution in [0.2, 0.25) is 0 Å². The minimum absolute atomic E-state index is 0.0324. The Kier molecular flexibility index (Phi) is 6.45. The molecule has 0 aliphatic carbocycles. The standard InChI is InChI=1S/C18H16IN3O4/c19-13-3-1-10(2-4-13)15(23)5-6-16(24)22-14-8-11(17(20)25)7-12(9-14)18(21)26/h1-4,7-9H,5-6H2,(H2,20,25)(H2,21,26)(H,22,24). The summed E-state index contributed by atoms with van der Waals surface area (Å²) in [6.45, 7) is 0. The van der Waals surface area contributed by atoms with Crippen molar-refractivity contribution in [3.63, 3.8) is 0 Å². The van der Waals surface area contributed by atoms with Gasteiger partial charge in [0.05, 0.1) is 0 Å². The van der Waals surface area contributed by atoms with Gasteiger partial charge in [-0.2, -0.15) is 0 Å². The fraction of sp³-hybridized carbons (Fsp3) is 0.111. The van der Waals surface area contributed by atoms with Gasteiger partial charge in [0.25, 0.3) is 0 Å². The number of hydrogen-bond donors (Lipinski definition) is 3.